The first-order chi connectivity index (χ1) is 14.0. The van der Waals surface area contributed by atoms with Crippen molar-refractivity contribution in [2.75, 3.05) is 6.54 Å². The van der Waals surface area contributed by atoms with Crippen LogP contribution in [0.2, 0.25) is 0 Å². The van der Waals surface area contributed by atoms with Crippen LogP contribution in [0.4, 0.5) is 13.2 Å². The zero-order valence-corrected chi connectivity index (χ0v) is 17.8. The van der Waals surface area contributed by atoms with E-state index in [-0.39, 0.29) is 18.0 Å². The van der Waals surface area contributed by atoms with Crippen molar-refractivity contribution < 1.29 is 27.4 Å². The maximum atomic E-state index is 13.4. The summed E-state index contributed by atoms with van der Waals surface area (Å²) in [5.74, 6) is -0.327. The molecule has 2 rings (SSSR count). The average molecular weight is 424 g/mol. The second-order valence-electron chi connectivity index (χ2n) is 7.43. The van der Waals surface area contributed by atoms with E-state index in [2.05, 4.69) is 4.99 Å². The summed E-state index contributed by atoms with van der Waals surface area (Å²) in [6.07, 6.45) is -0.0771. The van der Waals surface area contributed by atoms with Crippen LogP contribution in [-0.2, 0) is 15.7 Å². The molecule has 1 heterocycles. The van der Waals surface area contributed by atoms with Crippen LogP contribution in [0.15, 0.2) is 41.0 Å². The summed E-state index contributed by atoms with van der Waals surface area (Å²) in [7, 11) is 0. The predicted molar refractivity (Wildman–Crippen MR) is 110 cm³/mol. The van der Waals surface area contributed by atoms with Gasteiger partial charge >= 0.3 is 12.1 Å². The van der Waals surface area contributed by atoms with E-state index in [1.165, 1.54) is 12.4 Å². The van der Waals surface area contributed by atoms with Crippen molar-refractivity contribution in [2.45, 2.75) is 59.4 Å². The minimum Gasteiger partial charge on any atom is -0.491 e. The third-order valence-corrected chi connectivity index (χ3v) is 4.10. The number of rotatable bonds is 7. The van der Waals surface area contributed by atoms with Crippen molar-refractivity contribution in [3.8, 4) is 5.75 Å². The first-order valence-corrected chi connectivity index (χ1v) is 9.79. The molecule has 1 aliphatic heterocycles. The molecule has 1 aliphatic rings. The highest BCUT2D eigenvalue weighted by molar-refractivity contribution is 5.83. The molecule has 0 radical (unpaired) electrons. The smallest absolute Gasteiger partial charge is 0.416 e. The first-order valence-electron chi connectivity index (χ1n) is 9.79. The monoisotopic (exact) mass is 424 g/mol. The largest absolute Gasteiger partial charge is 0.491 e. The molecule has 0 amide bonds. The lowest BCUT2D eigenvalue weighted by Gasteiger charge is -2.24. The second kappa shape index (κ2) is 9.82. The van der Waals surface area contributed by atoms with E-state index in [0.29, 0.717) is 24.2 Å². The van der Waals surface area contributed by atoms with Crippen molar-refractivity contribution in [1.82, 2.24) is 4.90 Å². The Labute approximate surface area is 174 Å². The number of aliphatic imine (C=N–C) groups is 1. The van der Waals surface area contributed by atoms with Crippen LogP contribution in [0.3, 0.4) is 0 Å². The van der Waals surface area contributed by atoms with Crippen LogP contribution in [-0.4, -0.2) is 36.0 Å². The highest BCUT2D eigenvalue weighted by atomic mass is 19.4. The summed E-state index contributed by atoms with van der Waals surface area (Å²) in [4.78, 5) is 17.7. The molecule has 30 heavy (non-hydrogen) atoms. The molecule has 0 aliphatic carbocycles. The zero-order valence-electron chi connectivity index (χ0n) is 17.8. The van der Waals surface area contributed by atoms with Crippen LogP contribution < -0.4 is 4.74 Å². The van der Waals surface area contributed by atoms with Crippen molar-refractivity contribution in [3.63, 3.8) is 0 Å². The van der Waals surface area contributed by atoms with Gasteiger partial charge in [-0.2, -0.15) is 13.2 Å². The summed E-state index contributed by atoms with van der Waals surface area (Å²) in [6, 6.07) is 3.65. The fourth-order valence-corrected chi connectivity index (χ4v) is 2.88. The van der Waals surface area contributed by atoms with E-state index in [1.54, 1.807) is 44.9 Å². The predicted octanol–water partition coefficient (Wildman–Crippen LogP) is 5.42. The zero-order chi connectivity index (χ0) is 22.5. The molecule has 5 nitrogen and oxygen atoms in total. The van der Waals surface area contributed by atoms with Gasteiger partial charge in [0.1, 0.15) is 5.75 Å². The minimum absolute atomic E-state index is 0.145. The molecule has 1 aromatic carbocycles. The molecule has 0 saturated heterocycles. The Balaban J connectivity index is 2.34. The van der Waals surface area contributed by atoms with Crippen molar-refractivity contribution in [2.24, 2.45) is 4.99 Å². The summed E-state index contributed by atoms with van der Waals surface area (Å²) < 4.78 is 50.7. The van der Waals surface area contributed by atoms with Crippen LogP contribution in [0.5, 0.6) is 5.75 Å². The van der Waals surface area contributed by atoms with Gasteiger partial charge in [0.05, 0.1) is 29.8 Å². The quantitative estimate of drug-likeness (QED) is 0.433. The van der Waals surface area contributed by atoms with Crippen LogP contribution >= 0.6 is 0 Å². The number of benzene rings is 1. The number of carbonyl (C=O) groups excluding carboxylic acids is 1. The second-order valence-corrected chi connectivity index (χ2v) is 7.43. The Morgan fingerprint density at radius 3 is 2.47 bits per heavy atom. The molecule has 0 bridgehead atoms. The number of ether oxygens (including phenoxy) is 2. The molecule has 1 aromatic rings. The van der Waals surface area contributed by atoms with Gasteiger partial charge in [-0.05, 0) is 57.9 Å². The van der Waals surface area contributed by atoms with Crippen LogP contribution in [0.1, 0.15) is 52.2 Å². The standard InChI is InChI=1S/C22H27F3N2O3/c1-6-16-12-27(8-7-20(28)30-15(4)5)13-26-21(16)17-9-18(22(23,24)25)11-19(10-17)29-14(2)3/h7-11,13-15H,6,12H2,1-5H3. The molecule has 8 heteroatoms. The maximum absolute atomic E-state index is 13.4. The van der Waals surface area contributed by atoms with Gasteiger partial charge in [0.15, 0.2) is 0 Å². The Kier molecular flexibility index (Phi) is 7.70. The lowest BCUT2D eigenvalue weighted by molar-refractivity contribution is -0.141. The van der Waals surface area contributed by atoms with E-state index in [1.807, 2.05) is 6.92 Å². The number of esters is 1. The fraction of sp³-hybridized carbons (Fsp3) is 0.455. The van der Waals surface area contributed by atoms with Gasteiger partial charge in [0, 0.05) is 24.4 Å². The van der Waals surface area contributed by atoms with Crippen LogP contribution in [0, 0.1) is 0 Å². The Hall–Kier alpha value is -2.77. The molecule has 0 fully saturated rings. The van der Waals surface area contributed by atoms with Crippen molar-refractivity contribution >= 4 is 18.0 Å². The molecular weight excluding hydrogens is 397 g/mol. The highest BCUT2D eigenvalue weighted by Crippen LogP contribution is 2.36. The van der Waals surface area contributed by atoms with Gasteiger partial charge in [-0.15, -0.1) is 0 Å². The van der Waals surface area contributed by atoms with Gasteiger partial charge in [-0.1, -0.05) is 6.92 Å². The van der Waals surface area contributed by atoms with E-state index in [0.717, 1.165) is 17.7 Å². The summed E-state index contributed by atoms with van der Waals surface area (Å²) in [5, 5.41) is 0. The lowest BCUT2D eigenvalue weighted by atomic mass is 10.0. The van der Waals surface area contributed by atoms with E-state index < -0.39 is 17.7 Å². The van der Waals surface area contributed by atoms with Gasteiger partial charge in [0.2, 0.25) is 0 Å². The average Bonchev–Trinajstić information content (AvgIpc) is 2.64. The number of hydrogen-bond acceptors (Lipinski definition) is 5. The molecular formula is C22H27F3N2O3. The SMILES string of the molecule is CCC1=C(c2cc(OC(C)C)cc(C(F)(F)F)c2)N=CN(C=CC(=O)OC(C)C)C1. The number of hydrogen-bond donors (Lipinski definition) is 0. The van der Waals surface area contributed by atoms with Gasteiger partial charge in [-0.3, -0.25) is 0 Å². The number of carbonyl (C=O) groups is 1. The molecule has 0 atom stereocenters. The van der Waals surface area contributed by atoms with Gasteiger partial charge in [0.25, 0.3) is 0 Å². The van der Waals surface area contributed by atoms with E-state index >= 15 is 0 Å². The minimum atomic E-state index is -4.50. The third kappa shape index (κ3) is 6.64. The maximum Gasteiger partial charge on any atom is 0.416 e. The lowest BCUT2D eigenvalue weighted by Crippen LogP contribution is -2.23. The van der Waals surface area contributed by atoms with Crippen molar-refractivity contribution in [3.05, 3.63) is 47.2 Å². The fourth-order valence-electron chi connectivity index (χ4n) is 2.88. The molecule has 0 unspecified atom stereocenters. The van der Waals surface area contributed by atoms with E-state index in [4.69, 9.17) is 9.47 Å². The third-order valence-electron chi connectivity index (χ3n) is 4.10. The topological polar surface area (TPSA) is 51.1 Å². The highest BCUT2D eigenvalue weighted by Gasteiger charge is 2.32. The number of nitrogens with zero attached hydrogens (tertiary/aromatic N) is 2. The number of halogens is 3. The Morgan fingerprint density at radius 2 is 1.90 bits per heavy atom. The molecule has 0 spiro atoms. The number of alkyl halides is 3. The van der Waals surface area contributed by atoms with Gasteiger partial charge in [-0.25, -0.2) is 9.79 Å². The first kappa shape index (κ1) is 23.5. The van der Waals surface area contributed by atoms with E-state index in [9.17, 15) is 18.0 Å². The summed E-state index contributed by atoms with van der Waals surface area (Å²) in [5.41, 5.74) is 0.879. The molecule has 0 aromatic heterocycles. The molecule has 164 valence electrons. The Morgan fingerprint density at radius 1 is 1.20 bits per heavy atom. The van der Waals surface area contributed by atoms with Gasteiger partial charge < -0.3 is 14.4 Å². The summed E-state index contributed by atoms with van der Waals surface area (Å²) in [6.45, 7) is 9.32. The van der Waals surface area contributed by atoms with Crippen molar-refractivity contribution in [1.29, 1.82) is 0 Å². The molecule has 0 N–H and O–H groups in total. The Bertz CT molecular complexity index is 856. The molecule has 0 saturated carbocycles. The summed E-state index contributed by atoms with van der Waals surface area (Å²) >= 11 is 0. The normalized spacial score (nSPS) is 14.9. The van der Waals surface area contributed by atoms with Crippen LogP contribution in [0.25, 0.3) is 5.70 Å².